The number of esters is 2. The second-order valence-corrected chi connectivity index (χ2v) is 13.2. The molecule has 0 aliphatic rings. The van der Waals surface area contributed by atoms with Crippen LogP contribution in [0.4, 0.5) is 0 Å². The van der Waals surface area contributed by atoms with Gasteiger partial charge in [-0.2, -0.15) is 0 Å². The van der Waals surface area contributed by atoms with Crippen molar-refractivity contribution in [1.82, 2.24) is 19.9 Å². The summed E-state index contributed by atoms with van der Waals surface area (Å²) < 4.78 is 11.6. The maximum absolute atomic E-state index is 12.9. The van der Waals surface area contributed by atoms with Gasteiger partial charge in [-0.15, -0.1) is 0 Å². The summed E-state index contributed by atoms with van der Waals surface area (Å²) in [7, 11) is 0. The third kappa shape index (κ3) is 16.1. The Morgan fingerprint density at radius 2 is 1.46 bits per heavy atom. The summed E-state index contributed by atoms with van der Waals surface area (Å²) in [4.78, 5) is 41.6. The fraction of sp³-hybridized carbons (Fsp3) is 0.757. The highest BCUT2D eigenvalue weighted by Gasteiger charge is 2.38. The summed E-state index contributed by atoms with van der Waals surface area (Å²) >= 11 is 0. The van der Waals surface area contributed by atoms with Gasteiger partial charge in [0, 0.05) is 6.42 Å². The third-order valence-electron chi connectivity index (χ3n) is 8.80. The monoisotopic (exact) mass is 641 g/mol. The molecule has 1 unspecified atom stereocenters. The van der Waals surface area contributed by atoms with Crippen LogP contribution in [0.3, 0.4) is 0 Å². The van der Waals surface area contributed by atoms with Gasteiger partial charge in [0.05, 0.1) is 18.9 Å². The molecule has 2 aromatic heterocycles. The van der Waals surface area contributed by atoms with E-state index >= 15 is 0 Å². The van der Waals surface area contributed by atoms with Crippen LogP contribution < -0.4 is 5.73 Å². The summed E-state index contributed by atoms with van der Waals surface area (Å²) in [5.74, 6) is -0.441. The number of nitrogens with two attached hydrogens (primary N) is 1. The minimum atomic E-state index is -1.12. The molecule has 9 nitrogen and oxygen atoms in total. The molecule has 0 aliphatic carbocycles. The van der Waals surface area contributed by atoms with Crippen molar-refractivity contribution in [3.8, 4) is 0 Å². The number of ether oxygens (including phenoxy) is 2. The standard InChI is InChI=1S/C37H63N5O4/c1-5-7-8-9-10-11-12-13-14-15-16-17-18-19-20-21-22-23-24-25-33(43)45-28-37(6-2,46-36(44)34(38)30(3)4)26-32-39-27-31-35(42-32)41-29-40-31/h13-14,27,29-30,34H,5-12,15-26,28,38H2,1-4H3,(H,39,40,41,42)/t34-,37?/m0/s1. The maximum atomic E-state index is 12.9. The zero-order chi connectivity index (χ0) is 33.5. The molecule has 260 valence electrons. The number of aromatic nitrogens is 4. The SMILES string of the molecule is CCCCCCCCC=CCCCCCCCCCCCC(=O)OCC(CC)(Cc1ncc2[nH]cnc2n1)OC(=O)[C@@H](N)C(C)C. The molecular formula is C37H63N5O4. The molecule has 0 amide bonds. The smallest absolute Gasteiger partial charge is 0.323 e. The molecule has 0 fully saturated rings. The van der Waals surface area contributed by atoms with E-state index in [1.54, 1.807) is 12.5 Å². The minimum absolute atomic E-state index is 0.0736. The first kappa shape index (κ1) is 39.4. The number of imidazole rings is 1. The second kappa shape index (κ2) is 23.5. The van der Waals surface area contributed by atoms with Gasteiger partial charge in [0.1, 0.15) is 24.0 Å². The van der Waals surface area contributed by atoms with Crippen molar-refractivity contribution < 1.29 is 19.1 Å². The van der Waals surface area contributed by atoms with Crippen molar-refractivity contribution in [2.24, 2.45) is 11.7 Å². The molecule has 0 saturated heterocycles. The molecule has 0 radical (unpaired) electrons. The van der Waals surface area contributed by atoms with Gasteiger partial charge in [-0.1, -0.05) is 117 Å². The van der Waals surface area contributed by atoms with Crippen molar-refractivity contribution in [1.29, 1.82) is 0 Å². The third-order valence-corrected chi connectivity index (χ3v) is 8.80. The predicted molar refractivity (Wildman–Crippen MR) is 186 cm³/mol. The number of rotatable bonds is 27. The van der Waals surface area contributed by atoms with E-state index in [-0.39, 0.29) is 24.9 Å². The predicted octanol–water partition coefficient (Wildman–Crippen LogP) is 8.71. The Bertz CT molecular complexity index is 1130. The first-order chi connectivity index (χ1) is 22.3. The van der Waals surface area contributed by atoms with Crippen LogP contribution in [0.2, 0.25) is 0 Å². The number of fused-ring (bicyclic) bond motifs is 1. The Morgan fingerprint density at radius 1 is 0.870 bits per heavy atom. The highest BCUT2D eigenvalue weighted by atomic mass is 16.6. The lowest BCUT2D eigenvalue weighted by molar-refractivity contribution is -0.175. The molecule has 3 N–H and O–H groups in total. The van der Waals surface area contributed by atoms with Crippen molar-refractivity contribution in [3.63, 3.8) is 0 Å². The topological polar surface area (TPSA) is 133 Å². The van der Waals surface area contributed by atoms with E-state index in [2.05, 4.69) is 39.0 Å². The van der Waals surface area contributed by atoms with Crippen molar-refractivity contribution in [2.75, 3.05) is 6.61 Å². The summed E-state index contributed by atoms with van der Waals surface area (Å²) in [6.07, 6.45) is 30.2. The summed E-state index contributed by atoms with van der Waals surface area (Å²) in [6, 6.07) is -0.780. The number of carbonyl (C=O) groups is 2. The Hall–Kier alpha value is -2.81. The van der Waals surface area contributed by atoms with E-state index in [0.29, 0.717) is 29.8 Å². The number of nitrogens with one attached hydrogen (secondary N) is 1. The molecule has 0 bridgehead atoms. The fourth-order valence-electron chi connectivity index (χ4n) is 5.45. The number of nitrogens with zero attached hydrogens (tertiary/aromatic N) is 3. The number of hydrogen-bond acceptors (Lipinski definition) is 8. The minimum Gasteiger partial charge on any atom is -0.461 e. The Morgan fingerprint density at radius 3 is 2.04 bits per heavy atom. The van der Waals surface area contributed by atoms with E-state index in [1.165, 1.54) is 89.9 Å². The lowest BCUT2D eigenvalue weighted by atomic mass is 9.95. The van der Waals surface area contributed by atoms with Crippen molar-refractivity contribution in [3.05, 3.63) is 30.5 Å². The van der Waals surface area contributed by atoms with E-state index < -0.39 is 17.6 Å². The van der Waals surface area contributed by atoms with Gasteiger partial charge in [-0.05, 0) is 44.4 Å². The molecule has 0 spiro atoms. The zero-order valence-electron chi connectivity index (χ0n) is 29.4. The maximum Gasteiger partial charge on any atom is 0.323 e. The van der Waals surface area contributed by atoms with Gasteiger partial charge in [-0.3, -0.25) is 9.59 Å². The quantitative estimate of drug-likeness (QED) is 0.0562. The Kier molecular flexibility index (Phi) is 20.1. The first-order valence-electron chi connectivity index (χ1n) is 18.2. The van der Waals surface area contributed by atoms with Crippen LogP contribution in [0.15, 0.2) is 24.7 Å². The fourth-order valence-corrected chi connectivity index (χ4v) is 5.45. The first-order valence-corrected chi connectivity index (χ1v) is 18.2. The molecule has 0 saturated carbocycles. The molecule has 0 aliphatic heterocycles. The van der Waals surface area contributed by atoms with Gasteiger partial charge in [-0.25, -0.2) is 15.0 Å². The van der Waals surface area contributed by atoms with Crippen LogP contribution in [0, 0.1) is 5.92 Å². The largest absolute Gasteiger partial charge is 0.461 e. The lowest BCUT2D eigenvalue weighted by Crippen LogP contribution is -2.48. The highest BCUT2D eigenvalue weighted by Crippen LogP contribution is 2.24. The van der Waals surface area contributed by atoms with Gasteiger partial charge >= 0.3 is 11.9 Å². The number of hydrogen-bond donors (Lipinski definition) is 2. The van der Waals surface area contributed by atoms with Crippen LogP contribution in [-0.4, -0.2) is 50.1 Å². The van der Waals surface area contributed by atoms with Crippen molar-refractivity contribution in [2.45, 2.75) is 168 Å². The van der Waals surface area contributed by atoms with Crippen LogP contribution in [0.25, 0.3) is 11.2 Å². The number of allylic oxidation sites excluding steroid dienone is 2. The number of unbranched alkanes of at least 4 members (excludes halogenated alkanes) is 15. The van der Waals surface area contributed by atoms with Gasteiger partial charge in [0.15, 0.2) is 11.2 Å². The van der Waals surface area contributed by atoms with Crippen molar-refractivity contribution >= 4 is 23.1 Å². The molecule has 2 rings (SSSR count). The number of aromatic amines is 1. The number of carbonyl (C=O) groups excluding carboxylic acids is 2. The summed E-state index contributed by atoms with van der Waals surface area (Å²) in [5, 5.41) is 0. The Balaban J connectivity index is 1.61. The van der Waals surface area contributed by atoms with Crippen LogP contribution in [0.5, 0.6) is 0 Å². The summed E-state index contributed by atoms with van der Waals surface area (Å²) in [5.41, 5.74) is 6.21. The average molecular weight is 642 g/mol. The average Bonchev–Trinajstić information content (AvgIpc) is 3.52. The highest BCUT2D eigenvalue weighted by molar-refractivity contribution is 5.76. The zero-order valence-corrected chi connectivity index (χ0v) is 29.4. The number of H-pyrrole nitrogens is 1. The van der Waals surface area contributed by atoms with Gasteiger partial charge < -0.3 is 20.2 Å². The van der Waals surface area contributed by atoms with E-state index in [9.17, 15) is 9.59 Å². The van der Waals surface area contributed by atoms with Gasteiger partial charge in [0.2, 0.25) is 0 Å². The van der Waals surface area contributed by atoms with E-state index in [4.69, 9.17) is 15.2 Å². The van der Waals surface area contributed by atoms with E-state index in [1.807, 2.05) is 20.8 Å². The van der Waals surface area contributed by atoms with Gasteiger partial charge in [0.25, 0.3) is 0 Å². The molecule has 46 heavy (non-hydrogen) atoms. The second-order valence-electron chi connectivity index (χ2n) is 13.2. The van der Waals surface area contributed by atoms with E-state index in [0.717, 1.165) is 19.3 Å². The molecule has 0 aromatic carbocycles. The molecule has 2 heterocycles. The van der Waals surface area contributed by atoms with Crippen LogP contribution in [-0.2, 0) is 25.5 Å². The molecule has 9 heteroatoms. The normalized spacial score (nSPS) is 13.8. The van der Waals surface area contributed by atoms with Crippen LogP contribution in [0.1, 0.15) is 156 Å². The molecular weight excluding hydrogens is 578 g/mol. The Labute approximate surface area is 278 Å². The summed E-state index contributed by atoms with van der Waals surface area (Å²) in [6.45, 7) is 7.82. The molecule has 2 aromatic rings. The van der Waals surface area contributed by atoms with Crippen LogP contribution >= 0.6 is 0 Å². The molecule has 2 atom stereocenters. The lowest BCUT2D eigenvalue weighted by Gasteiger charge is -2.33.